The minimum Gasteiger partial charge on any atom is -0.491 e. The molecule has 0 aliphatic carbocycles. The summed E-state index contributed by atoms with van der Waals surface area (Å²) in [5.41, 5.74) is 0. The van der Waals surface area contributed by atoms with Crippen LogP contribution in [0.5, 0.6) is 5.75 Å². The number of piperazine rings is 1. The number of hydrogen-bond acceptors (Lipinski definition) is 6. The molecule has 7 heteroatoms. The quantitative estimate of drug-likeness (QED) is 0.857. The van der Waals surface area contributed by atoms with Gasteiger partial charge < -0.3 is 14.7 Å². The number of β-amino-alcohol motifs (C(OH)–C–C–N with tert-alkyl or cyclic N) is 1. The molecular formula is C17H21ClN4O2. The lowest BCUT2D eigenvalue weighted by Crippen LogP contribution is -2.49. The zero-order chi connectivity index (χ0) is 16.8. The van der Waals surface area contributed by atoms with Crippen LogP contribution < -0.4 is 9.64 Å². The highest BCUT2D eigenvalue weighted by atomic mass is 35.5. The maximum atomic E-state index is 10.2. The van der Waals surface area contributed by atoms with Gasteiger partial charge in [0.1, 0.15) is 29.8 Å². The molecule has 24 heavy (non-hydrogen) atoms. The van der Waals surface area contributed by atoms with Crippen molar-refractivity contribution in [3.05, 3.63) is 47.9 Å². The van der Waals surface area contributed by atoms with Gasteiger partial charge in [0, 0.05) is 32.7 Å². The number of hydrogen-bond donors (Lipinski definition) is 1. The molecule has 1 fully saturated rings. The minimum absolute atomic E-state index is 0.294. The first kappa shape index (κ1) is 17.0. The first-order valence-electron chi connectivity index (χ1n) is 8.01. The number of halogens is 1. The van der Waals surface area contributed by atoms with Gasteiger partial charge in [-0.1, -0.05) is 29.8 Å². The summed E-state index contributed by atoms with van der Waals surface area (Å²) in [4.78, 5) is 12.5. The number of aliphatic hydroxyl groups is 1. The molecule has 0 saturated carbocycles. The molecule has 2 aromatic rings. The van der Waals surface area contributed by atoms with Gasteiger partial charge in [0.05, 0.1) is 6.20 Å². The van der Waals surface area contributed by atoms with Gasteiger partial charge >= 0.3 is 0 Å². The van der Waals surface area contributed by atoms with Crippen LogP contribution in [0.4, 0.5) is 5.82 Å². The lowest BCUT2D eigenvalue weighted by Gasteiger charge is -2.36. The average Bonchev–Trinajstić information content (AvgIpc) is 2.62. The van der Waals surface area contributed by atoms with Crippen molar-refractivity contribution in [1.29, 1.82) is 0 Å². The molecule has 1 aliphatic rings. The fraction of sp³-hybridized carbons (Fsp3) is 0.412. The largest absolute Gasteiger partial charge is 0.491 e. The van der Waals surface area contributed by atoms with Crippen molar-refractivity contribution >= 4 is 17.4 Å². The number of nitrogens with zero attached hydrogens (tertiary/aromatic N) is 4. The number of rotatable bonds is 6. The Labute approximate surface area is 146 Å². The van der Waals surface area contributed by atoms with Gasteiger partial charge in [-0.05, 0) is 12.1 Å². The Morgan fingerprint density at radius 2 is 1.92 bits per heavy atom. The van der Waals surface area contributed by atoms with Crippen LogP contribution >= 0.6 is 11.6 Å². The number of ether oxygens (including phenoxy) is 1. The smallest absolute Gasteiger partial charge is 0.150 e. The van der Waals surface area contributed by atoms with E-state index in [4.69, 9.17) is 16.3 Å². The molecule has 6 nitrogen and oxygen atoms in total. The van der Waals surface area contributed by atoms with Crippen molar-refractivity contribution in [2.24, 2.45) is 0 Å². The van der Waals surface area contributed by atoms with E-state index in [1.54, 1.807) is 6.20 Å². The van der Waals surface area contributed by atoms with E-state index in [1.165, 1.54) is 6.33 Å². The predicted octanol–water partition coefficient (Wildman–Crippen LogP) is 1.69. The average molecular weight is 349 g/mol. The van der Waals surface area contributed by atoms with Crippen LogP contribution in [0.15, 0.2) is 42.9 Å². The van der Waals surface area contributed by atoms with Crippen molar-refractivity contribution in [2.45, 2.75) is 6.10 Å². The van der Waals surface area contributed by atoms with Crippen LogP contribution in [0.25, 0.3) is 0 Å². The number of aromatic nitrogens is 2. The van der Waals surface area contributed by atoms with Crippen molar-refractivity contribution in [2.75, 3.05) is 44.2 Å². The van der Waals surface area contributed by atoms with Crippen molar-refractivity contribution < 1.29 is 9.84 Å². The summed E-state index contributed by atoms with van der Waals surface area (Å²) in [7, 11) is 0. The van der Waals surface area contributed by atoms with Gasteiger partial charge in [0.15, 0.2) is 5.82 Å². The molecule has 3 rings (SSSR count). The fourth-order valence-corrected chi connectivity index (χ4v) is 2.97. The number of benzene rings is 1. The molecular weight excluding hydrogens is 328 g/mol. The molecule has 1 N–H and O–H groups in total. The van der Waals surface area contributed by atoms with Gasteiger partial charge in [-0.3, -0.25) is 4.90 Å². The van der Waals surface area contributed by atoms with E-state index in [-0.39, 0.29) is 0 Å². The van der Waals surface area contributed by atoms with Crippen LogP contribution in [0.1, 0.15) is 0 Å². The third-order valence-corrected chi connectivity index (χ3v) is 4.24. The van der Waals surface area contributed by atoms with E-state index >= 15 is 0 Å². The monoisotopic (exact) mass is 348 g/mol. The Bertz CT molecular complexity index is 635. The third kappa shape index (κ3) is 4.56. The summed E-state index contributed by atoms with van der Waals surface area (Å²) in [6, 6.07) is 9.54. The van der Waals surface area contributed by atoms with E-state index < -0.39 is 6.10 Å². The highest BCUT2D eigenvalue weighted by Gasteiger charge is 2.21. The zero-order valence-electron chi connectivity index (χ0n) is 13.4. The molecule has 128 valence electrons. The van der Waals surface area contributed by atoms with Crippen LogP contribution in [0.2, 0.25) is 5.02 Å². The molecule has 1 unspecified atom stereocenters. The summed E-state index contributed by atoms with van der Waals surface area (Å²) in [5, 5.41) is 10.7. The molecule has 1 aliphatic heterocycles. The molecule has 1 saturated heterocycles. The van der Waals surface area contributed by atoms with E-state index in [0.29, 0.717) is 18.2 Å². The fourth-order valence-electron chi connectivity index (χ4n) is 2.74. The summed E-state index contributed by atoms with van der Waals surface area (Å²) in [6.45, 7) is 4.23. The second kappa shape index (κ2) is 8.28. The Kier molecular flexibility index (Phi) is 5.85. The summed E-state index contributed by atoms with van der Waals surface area (Å²) >= 11 is 6.14. The Morgan fingerprint density at radius 1 is 1.17 bits per heavy atom. The van der Waals surface area contributed by atoms with Gasteiger partial charge in [-0.25, -0.2) is 9.97 Å². The second-order valence-corrected chi connectivity index (χ2v) is 6.17. The Balaban J connectivity index is 1.43. The van der Waals surface area contributed by atoms with Crippen molar-refractivity contribution in [3.63, 3.8) is 0 Å². The summed E-state index contributed by atoms with van der Waals surface area (Å²) in [6.07, 6.45) is 2.61. The molecule has 0 bridgehead atoms. The molecule has 1 atom stereocenters. The van der Waals surface area contributed by atoms with Crippen LogP contribution in [0.3, 0.4) is 0 Å². The van der Waals surface area contributed by atoms with Crippen molar-refractivity contribution in [3.8, 4) is 5.75 Å². The highest BCUT2D eigenvalue weighted by molar-refractivity contribution is 6.32. The Morgan fingerprint density at radius 3 is 2.62 bits per heavy atom. The molecule has 0 spiro atoms. The second-order valence-electron chi connectivity index (χ2n) is 5.76. The SMILES string of the molecule is OC(COc1ccccc1)CN1CCN(c2ncncc2Cl)CC1. The van der Waals surface area contributed by atoms with Crippen LogP contribution in [0, 0.1) is 0 Å². The number of para-hydroxylation sites is 1. The molecule has 0 radical (unpaired) electrons. The highest BCUT2D eigenvalue weighted by Crippen LogP contribution is 2.22. The normalized spacial score (nSPS) is 16.8. The summed E-state index contributed by atoms with van der Waals surface area (Å²) < 4.78 is 5.59. The first-order valence-corrected chi connectivity index (χ1v) is 8.39. The maximum Gasteiger partial charge on any atom is 0.150 e. The lowest BCUT2D eigenvalue weighted by molar-refractivity contribution is 0.0662. The van der Waals surface area contributed by atoms with Gasteiger partial charge in [-0.2, -0.15) is 0 Å². The first-order chi connectivity index (χ1) is 11.7. The Hall–Kier alpha value is -1.89. The molecule has 0 amide bonds. The van der Waals surface area contributed by atoms with E-state index in [1.807, 2.05) is 30.3 Å². The van der Waals surface area contributed by atoms with Crippen LogP contribution in [-0.4, -0.2) is 65.4 Å². The minimum atomic E-state index is -0.514. The van der Waals surface area contributed by atoms with Crippen LogP contribution in [-0.2, 0) is 0 Å². The lowest BCUT2D eigenvalue weighted by atomic mass is 10.2. The van der Waals surface area contributed by atoms with E-state index in [0.717, 1.165) is 37.7 Å². The number of aliphatic hydroxyl groups excluding tert-OH is 1. The third-order valence-electron chi connectivity index (χ3n) is 3.97. The molecule has 1 aromatic carbocycles. The maximum absolute atomic E-state index is 10.2. The predicted molar refractivity (Wildman–Crippen MR) is 93.6 cm³/mol. The molecule has 2 heterocycles. The topological polar surface area (TPSA) is 61.7 Å². The van der Waals surface area contributed by atoms with Gasteiger partial charge in [0.25, 0.3) is 0 Å². The van der Waals surface area contributed by atoms with Gasteiger partial charge in [0.2, 0.25) is 0 Å². The molecule has 1 aromatic heterocycles. The van der Waals surface area contributed by atoms with E-state index in [9.17, 15) is 5.11 Å². The summed E-state index contributed by atoms with van der Waals surface area (Å²) in [5.74, 6) is 1.55. The van der Waals surface area contributed by atoms with Gasteiger partial charge in [-0.15, -0.1) is 0 Å². The zero-order valence-corrected chi connectivity index (χ0v) is 14.1. The van der Waals surface area contributed by atoms with E-state index in [2.05, 4.69) is 19.8 Å². The standard InChI is InChI=1S/C17H21ClN4O2/c18-16-10-19-13-20-17(16)22-8-6-21(7-9-22)11-14(23)12-24-15-4-2-1-3-5-15/h1-5,10,13-14,23H,6-9,11-12H2. The number of anilines is 1. The van der Waals surface area contributed by atoms with Crippen molar-refractivity contribution in [1.82, 2.24) is 14.9 Å².